The van der Waals surface area contributed by atoms with Crippen molar-refractivity contribution in [3.63, 3.8) is 0 Å². The molecular weight excluding hydrogens is 420 g/mol. The number of anilines is 1. The number of nitrogens with zero attached hydrogens (tertiary/aromatic N) is 2. The quantitative estimate of drug-likeness (QED) is 0.535. The maximum Gasteiger partial charge on any atom is 0.253 e. The maximum atomic E-state index is 12.9. The molecule has 3 aromatic rings. The first-order valence-corrected chi connectivity index (χ1v) is 11.5. The van der Waals surface area contributed by atoms with Gasteiger partial charge in [0, 0.05) is 37.4 Å². The number of pyridine rings is 1. The van der Waals surface area contributed by atoms with Gasteiger partial charge in [-0.2, -0.15) is 0 Å². The van der Waals surface area contributed by atoms with Crippen molar-refractivity contribution in [3.05, 3.63) is 76.1 Å². The fraction of sp³-hybridized carbons (Fsp3) is 0.360. The summed E-state index contributed by atoms with van der Waals surface area (Å²) in [4.78, 5) is 20.4. The lowest BCUT2D eigenvalue weighted by atomic mass is 10.1. The van der Waals surface area contributed by atoms with Gasteiger partial charge >= 0.3 is 0 Å². The predicted molar refractivity (Wildman–Crippen MR) is 134 cm³/mol. The molecule has 2 aromatic carbocycles. The second-order valence-electron chi connectivity index (χ2n) is 8.19. The number of para-hydroxylation sites is 2. The van der Waals surface area contributed by atoms with Crippen molar-refractivity contribution in [2.75, 3.05) is 44.7 Å². The zero-order valence-electron chi connectivity index (χ0n) is 18.5. The summed E-state index contributed by atoms with van der Waals surface area (Å²) in [6.07, 6.45) is 0.960. The molecule has 2 N–H and O–H groups in total. The van der Waals surface area contributed by atoms with Crippen molar-refractivity contribution in [2.24, 2.45) is 0 Å². The molecule has 2 heterocycles. The van der Waals surface area contributed by atoms with Crippen molar-refractivity contribution in [1.82, 2.24) is 14.8 Å². The summed E-state index contributed by atoms with van der Waals surface area (Å²) in [5.74, 6) is 0. The molecule has 1 aromatic heterocycles. The Labute approximate surface area is 194 Å². The summed E-state index contributed by atoms with van der Waals surface area (Å²) < 4.78 is 5.45. The largest absolute Gasteiger partial charge is 0.379 e. The second-order valence-corrected chi connectivity index (χ2v) is 8.57. The van der Waals surface area contributed by atoms with Crippen LogP contribution in [0.15, 0.2) is 59.4 Å². The van der Waals surface area contributed by atoms with Gasteiger partial charge in [0.2, 0.25) is 0 Å². The van der Waals surface area contributed by atoms with Crippen molar-refractivity contribution in [2.45, 2.75) is 19.9 Å². The van der Waals surface area contributed by atoms with Crippen LogP contribution in [0.3, 0.4) is 0 Å². The Bertz CT molecular complexity index is 1110. The summed E-state index contributed by atoms with van der Waals surface area (Å²) in [7, 11) is 0. The monoisotopic (exact) mass is 450 g/mol. The molecule has 0 aliphatic carbocycles. The smallest absolute Gasteiger partial charge is 0.253 e. The molecule has 0 amide bonds. The summed E-state index contributed by atoms with van der Waals surface area (Å²) in [5.41, 5.74) is 3.55. The average Bonchev–Trinajstić information content (AvgIpc) is 2.81. The molecule has 0 spiro atoms. The van der Waals surface area contributed by atoms with E-state index in [9.17, 15) is 4.79 Å². The molecular formula is C25H30N4O2S. The topological polar surface area (TPSA) is 60.6 Å². The van der Waals surface area contributed by atoms with Gasteiger partial charge in [0.15, 0.2) is 5.11 Å². The molecule has 0 atom stereocenters. The van der Waals surface area contributed by atoms with Crippen molar-refractivity contribution in [3.8, 4) is 0 Å². The fourth-order valence-electron chi connectivity index (χ4n) is 4.04. The minimum Gasteiger partial charge on any atom is -0.379 e. The highest BCUT2D eigenvalue weighted by Gasteiger charge is 2.16. The minimum absolute atomic E-state index is 0.0625. The highest BCUT2D eigenvalue weighted by molar-refractivity contribution is 7.80. The SMILES string of the molecule is Cc1cccc2cc(CN(CCCN3CCOCC3)C(=S)Nc3ccccc3)c(=O)[nH]c12. The fourth-order valence-corrected chi connectivity index (χ4v) is 4.31. The Morgan fingerprint density at radius 1 is 1.16 bits per heavy atom. The molecule has 0 saturated carbocycles. The Morgan fingerprint density at radius 3 is 2.72 bits per heavy atom. The summed E-state index contributed by atoms with van der Waals surface area (Å²) in [6, 6.07) is 18.0. The van der Waals surface area contributed by atoms with Gasteiger partial charge in [0.25, 0.3) is 5.56 Å². The van der Waals surface area contributed by atoms with Gasteiger partial charge in [-0.1, -0.05) is 36.4 Å². The molecule has 1 aliphatic heterocycles. The first-order chi connectivity index (χ1) is 15.6. The van der Waals surface area contributed by atoms with E-state index in [0.29, 0.717) is 17.2 Å². The van der Waals surface area contributed by atoms with Crippen LogP contribution in [0, 0.1) is 6.92 Å². The Kier molecular flexibility index (Phi) is 7.52. The molecule has 7 heteroatoms. The standard InChI is InChI=1S/C25H30N4O2S/c1-19-7-5-8-20-17-21(24(30)27-23(19)20)18-29(12-6-11-28-13-15-31-16-14-28)25(32)26-22-9-3-2-4-10-22/h2-5,7-10,17H,6,11-16,18H2,1H3,(H,26,32)(H,27,30). The van der Waals surface area contributed by atoms with E-state index in [1.807, 2.05) is 61.5 Å². The number of aromatic amines is 1. The van der Waals surface area contributed by atoms with Crippen LogP contribution in [0.25, 0.3) is 10.9 Å². The van der Waals surface area contributed by atoms with Crippen molar-refractivity contribution >= 4 is 33.9 Å². The van der Waals surface area contributed by atoms with Crippen LogP contribution >= 0.6 is 12.2 Å². The van der Waals surface area contributed by atoms with Crippen LogP contribution in [0.4, 0.5) is 5.69 Å². The number of aromatic nitrogens is 1. The molecule has 1 fully saturated rings. The van der Waals surface area contributed by atoms with E-state index < -0.39 is 0 Å². The van der Waals surface area contributed by atoms with E-state index in [-0.39, 0.29) is 5.56 Å². The zero-order valence-corrected chi connectivity index (χ0v) is 19.3. The predicted octanol–water partition coefficient (Wildman–Crippen LogP) is 3.76. The van der Waals surface area contributed by atoms with E-state index in [2.05, 4.69) is 20.1 Å². The number of benzene rings is 2. The number of H-pyrrole nitrogens is 1. The second kappa shape index (κ2) is 10.7. The zero-order chi connectivity index (χ0) is 22.3. The van der Waals surface area contributed by atoms with E-state index in [0.717, 1.165) is 68.0 Å². The Morgan fingerprint density at radius 2 is 1.94 bits per heavy atom. The van der Waals surface area contributed by atoms with Crippen LogP contribution in [0.2, 0.25) is 0 Å². The Balaban J connectivity index is 1.51. The average molecular weight is 451 g/mol. The summed E-state index contributed by atoms with van der Waals surface area (Å²) in [6.45, 7) is 7.75. The van der Waals surface area contributed by atoms with E-state index in [1.165, 1.54) is 0 Å². The molecule has 0 bridgehead atoms. The molecule has 168 valence electrons. The third-order valence-corrected chi connectivity index (χ3v) is 6.20. The number of ether oxygens (including phenoxy) is 1. The van der Waals surface area contributed by atoms with Gasteiger partial charge in [-0.05, 0) is 54.7 Å². The van der Waals surface area contributed by atoms with Gasteiger partial charge in [-0.15, -0.1) is 0 Å². The lowest BCUT2D eigenvalue weighted by Gasteiger charge is -2.29. The number of morpholine rings is 1. The number of hydrogen-bond donors (Lipinski definition) is 2. The number of nitrogens with one attached hydrogen (secondary N) is 2. The van der Waals surface area contributed by atoms with Crippen LogP contribution < -0.4 is 10.9 Å². The van der Waals surface area contributed by atoms with Crippen molar-refractivity contribution < 1.29 is 4.74 Å². The van der Waals surface area contributed by atoms with Crippen LogP contribution in [-0.4, -0.2) is 59.3 Å². The van der Waals surface area contributed by atoms with E-state index in [1.54, 1.807) is 0 Å². The molecule has 1 aliphatic rings. The molecule has 0 radical (unpaired) electrons. The first kappa shape index (κ1) is 22.5. The number of rotatable bonds is 7. The van der Waals surface area contributed by atoms with Gasteiger partial charge < -0.3 is 19.9 Å². The molecule has 0 unspecified atom stereocenters. The highest BCUT2D eigenvalue weighted by atomic mass is 32.1. The normalized spacial score (nSPS) is 14.4. The van der Waals surface area contributed by atoms with Crippen LogP contribution in [-0.2, 0) is 11.3 Å². The van der Waals surface area contributed by atoms with Gasteiger partial charge in [0.1, 0.15) is 0 Å². The van der Waals surface area contributed by atoms with Gasteiger partial charge in [-0.3, -0.25) is 9.69 Å². The number of thiocarbonyl (C=S) groups is 1. The lowest BCUT2D eigenvalue weighted by molar-refractivity contribution is 0.0367. The molecule has 1 saturated heterocycles. The first-order valence-electron chi connectivity index (χ1n) is 11.1. The van der Waals surface area contributed by atoms with E-state index in [4.69, 9.17) is 17.0 Å². The van der Waals surface area contributed by atoms with Crippen molar-refractivity contribution in [1.29, 1.82) is 0 Å². The minimum atomic E-state index is -0.0625. The lowest BCUT2D eigenvalue weighted by Crippen LogP contribution is -2.40. The van der Waals surface area contributed by atoms with Gasteiger partial charge in [-0.25, -0.2) is 0 Å². The third-order valence-electron chi connectivity index (χ3n) is 5.84. The number of fused-ring (bicyclic) bond motifs is 1. The van der Waals surface area contributed by atoms with Crippen LogP contribution in [0.1, 0.15) is 17.5 Å². The Hall–Kier alpha value is -2.74. The third kappa shape index (κ3) is 5.73. The highest BCUT2D eigenvalue weighted by Crippen LogP contribution is 2.17. The molecule has 32 heavy (non-hydrogen) atoms. The summed E-state index contributed by atoms with van der Waals surface area (Å²) in [5, 5.41) is 4.99. The molecule has 6 nitrogen and oxygen atoms in total. The maximum absolute atomic E-state index is 12.9. The summed E-state index contributed by atoms with van der Waals surface area (Å²) >= 11 is 5.76. The van der Waals surface area contributed by atoms with Crippen LogP contribution in [0.5, 0.6) is 0 Å². The molecule has 4 rings (SSSR count). The number of aryl methyl sites for hydroxylation is 1. The van der Waals surface area contributed by atoms with E-state index >= 15 is 0 Å². The number of hydrogen-bond acceptors (Lipinski definition) is 4. The van der Waals surface area contributed by atoms with Gasteiger partial charge in [0.05, 0.1) is 25.3 Å².